The molecule has 1 aliphatic rings. The molecular formula is C23H20N4OS. The second-order valence-corrected chi connectivity index (χ2v) is 8.53. The van der Waals surface area contributed by atoms with Crippen LogP contribution >= 0.6 is 11.8 Å². The van der Waals surface area contributed by atoms with Crippen molar-refractivity contribution in [2.24, 2.45) is 7.05 Å². The van der Waals surface area contributed by atoms with E-state index in [1.165, 1.54) is 9.46 Å². The van der Waals surface area contributed by atoms with Gasteiger partial charge >= 0.3 is 0 Å². The van der Waals surface area contributed by atoms with E-state index in [4.69, 9.17) is 0 Å². The summed E-state index contributed by atoms with van der Waals surface area (Å²) in [5.41, 5.74) is 1.80. The predicted molar refractivity (Wildman–Crippen MR) is 116 cm³/mol. The highest BCUT2D eigenvalue weighted by atomic mass is 32.2. The van der Waals surface area contributed by atoms with Gasteiger partial charge in [0.05, 0.1) is 22.8 Å². The first-order valence-electron chi connectivity index (χ1n) is 9.56. The van der Waals surface area contributed by atoms with E-state index in [1.54, 1.807) is 25.2 Å². The van der Waals surface area contributed by atoms with Crippen molar-refractivity contribution in [1.29, 1.82) is 10.5 Å². The van der Waals surface area contributed by atoms with Crippen LogP contribution in [0.25, 0.3) is 10.9 Å². The summed E-state index contributed by atoms with van der Waals surface area (Å²) in [6.45, 7) is 1.55. The molecule has 1 saturated heterocycles. The first kappa shape index (κ1) is 19.1. The molecule has 6 heteroatoms. The van der Waals surface area contributed by atoms with Gasteiger partial charge < -0.3 is 9.47 Å². The van der Waals surface area contributed by atoms with Crippen molar-refractivity contribution in [3.05, 3.63) is 70.0 Å². The molecule has 0 radical (unpaired) electrons. The van der Waals surface area contributed by atoms with Gasteiger partial charge in [-0.15, -0.1) is 11.8 Å². The molecule has 5 nitrogen and oxygen atoms in total. The molecule has 1 fully saturated rings. The van der Waals surface area contributed by atoms with E-state index < -0.39 is 0 Å². The Balaban J connectivity index is 1.69. The summed E-state index contributed by atoms with van der Waals surface area (Å²) >= 11 is 1.89. The molecule has 144 valence electrons. The first-order valence-corrected chi connectivity index (χ1v) is 10.4. The minimum atomic E-state index is -0.291. The van der Waals surface area contributed by atoms with Crippen LogP contribution in [0.4, 0.5) is 5.69 Å². The van der Waals surface area contributed by atoms with E-state index >= 15 is 0 Å². The van der Waals surface area contributed by atoms with Crippen LogP contribution in [0.15, 0.2) is 58.2 Å². The number of thioether (sulfide) groups is 1. The number of pyridine rings is 1. The summed E-state index contributed by atoms with van der Waals surface area (Å²) in [7, 11) is 1.67. The molecular weight excluding hydrogens is 380 g/mol. The lowest BCUT2D eigenvalue weighted by Gasteiger charge is -2.34. The molecule has 2 aromatic carbocycles. The topological polar surface area (TPSA) is 72.8 Å². The molecule has 1 aromatic heterocycles. The molecule has 2 heterocycles. The average molecular weight is 401 g/mol. The fourth-order valence-electron chi connectivity index (χ4n) is 3.92. The molecule has 3 aromatic rings. The number of aromatic nitrogens is 1. The Kier molecular flexibility index (Phi) is 5.29. The van der Waals surface area contributed by atoms with Crippen molar-refractivity contribution in [2.45, 2.75) is 23.0 Å². The summed E-state index contributed by atoms with van der Waals surface area (Å²) < 4.78 is 1.50. The van der Waals surface area contributed by atoms with Crippen molar-refractivity contribution in [3.8, 4) is 12.1 Å². The fourth-order valence-corrected chi connectivity index (χ4v) is 5.06. The van der Waals surface area contributed by atoms with E-state index in [9.17, 15) is 15.3 Å². The number of nitrogens with zero attached hydrogens (tertiary/aromatic N) is 4. The molecule has 29 heavy (non-hydrogen) atoms. The number of nitriles is 2. The van der Waals surface area contributed by atoms with Crippen LogP contribution in [0, 0.1) is 22.7 Å². The Morgan fingerprint density at radius 2 is 1.76 bits per heavy atom. The SMILES string of the molecule is Cn1c(=O)c(C#N)c(N2CCC(Sc3ccccc3)CC2)c2cc(C#N)ccc21. The van der Waals surface area contributed by atoms with Crippen LogP contribution in [0.1, 0.15) is 24.0 Å². The molecule has 0 atom stereocenters. The largest absolute Gasteiger partial charge is 0.370 e. The monoisotopic (exact) mass is 400 g/mol. The van der Waals surface area contributed by atoms with Crippen LogP contribution in [-0.2, 0) is 7.05 Å². The van der Waals surface area contributed by atoms with Crippen LogP contribution in [0.3, 0.4) is 0 Å². The Labute approximate surface area is 173 Å². The zero-order chi connectivity index (χ0) is 20.4. The molecule has 0 spiro atoms. The van der Waals surface area contributed by atoms with E-state index in [-0.39, 0.29) is 11.1 Å². The Hall–Kier alpha value is -3.22. The van der Waals surface area contributed by atoms with Gasteiger partial charge in [-0.3, -0.25) is 4.79 Å². The highest BCUT2D eigenvalue weighted by molar-refractivity contribution is 8.00. The standard InChI is InChI=1S/C23H20N4OS/c1-26-21-8-7-16(14-24)13-19(21)22(20(15-25)23(26)28)27-11-9-18(10-12-27)29-17-5-3-2-4-6-17/h2-8,13,18H,9-12H2,1H3. The number of benzene rings is 2. The average Bonchev–Trinajstić information content (AvgIpc) is 2.77. The van der Waals surface area contributed by atoms with Crippen molar-refractivity contribution >= 4 is 28.4 Å². The minimum absolute atomic E-state index is 0.157. The molecule has 4 rings (SSSR count). The highest BCUT2D eigenvalue weighted by Crippen LogP contribution is 2.35. The number of piperidine rings is 1. The number of anilines is 1. The molecule has 0 bridgehead atoms. The molecule has 0 N–H and O–H groups in total. The van der Waals surface area contributed by atoms with Gasteiger partial charge in [-0.25, -0.2) is 0 Å². The summed E-state index contributed by atoms with van der Waals surface area (Å²) in [4.78, 5) is 16.2. The summed E-state index contributed by atoms with van der Waals surface area (Å²) in [6.07, 6.45) is 1.94. The van der Waals surface area contributed by atoms with Gasteiger partial charge in [0.25, 0.3) is 5.56 Å². The van der Waals surface area contributed by atoms with Crippen molar-refractivity contribution in [3.63, 3.8) is 0 Å². The second kappa shape index (κ2) is 8.03. The third-order valence-electron chi connectivity index (χ3n) is 5.41. The maximum atomic E-state index is 12.8. The number of hydrogen-bond donors (Lipinski definition) is 0. The number of rotatable bonds is 3. The van der Waals surface area contributed by atoms with Gasteiger partial charge in [0.1, 0.15) is 11.6 Å². The summed E-state index contributed by atoms with van der Waals surface area (Å²) in [5.74, 6) is 0. The van der Waals surface area contributed by atoms with Gasteiger partial charge in [-0.05, 0) is 43.2 Å². The van der Waals surface area contributed by atoms with Gasteiger partial charge in [-0.2, -0.15) is 10.5 Å². The van der Waals surface area contributed by atoms with Crippen LogP contribution < -0.4 is 10.5 Å². The van der Waals surface area contributed by atoms with Crippen molar-refractivity contribution < 1.29 is 0 Å². The minimum Gasteiger partial charge on any atom is -0.370 e. The number of hydrogen-bond acceptors (Lipinski definition) is 5. The quantitative estimate of drug-likeness (QED) is 0.663. The van der Waals surface area contributed by atoms with E-state index in [2.05, 4.69) is 41.3 Å². The Bertz CT molecular complexity index is 1200. The fraction of sp³-hybridized carbons (Fsp3) is 0.261. The highest BCUT2D eigenvalue weighted by Gasteiger charge is 2.26. The van der Waals surface area contributed by atoms with Gasteiger partial charge in [0.15, 0.2) is 0 Å². The summed E-state index contributed by atoms with van der Waals surface area (Å²) in [6, 6.07) is 19.9. The smallest absolute Gasteiger partial charge is 0.270 e. The molecule has 0 saturated carbocycles. The van der Waals surface area contributed by atoms with E-state index in [1.807, 2.05) is 17.8 Å². The first-order chi connectivity index (χ1) is 14.1. The van der Waals surface area contributed by atoms with E-state index in [0.717, 1.165) is 36.8 Å². The van der Waals surface area contributed by atoms with E-state index in [0.29, 0.717) is 16.5 Å². The third kappa shape index (κ3) is 3.60. The lowest BCUT2D eigenvalue weighted by molar-refractivity contribution is 0.591. The molecule has 1 aliphatic heterocycles. The van der Waals surface area contributed by atoms with Gasteiger partial charge in [0.2, 0.25) is 0 Å². The van der Waals surface area contributed by atoms with Gasteiger partial charge in [0, 0.05) is 35.7 Å². The Morgan fingerprint density at radius 3 is 2.41 bits per heavy atom. The molecule has 0 amide bonds. The third-order valence-corrected chi connectivity index (χ3v) is 6.76. The molecule has 0 unspecified atom stereocenters. The lowest BCUT2D eigenvalue weighted by atomic mass is 10.0. The lowest BCUT2D eigenvalue weighted by Crippen LogP contribution is -2.37. The summed E-state index contributed by atoms with van der Waals surface area (Å²) in [5, 5.41) is 20.3. The predicted octanol–water partition coefficient (Wildman–Crippen LogP) is 4.04. The second-order valence-electron chi connectivity index (χ2n) is 7.16. The maximum Gasteiger partial charge on any atom is 0.270 e. The Morgan fingerprint density at radius 1 is 1.03 bits per heavy atom. The van der Waals surface area contributed by atoms with Crippen LogP contribution in [0.5, 0.6) is 0 Å². The van der Waals surface area contributed by atoms with Crippen LogP contribution in [0.2, 0.25) is 0 Å². The maximum absolute atomic E-state index is 12.8. The van der Waals surface area contributed by atoms with Gasteiger partial charge in [-0.1, -0.05) is 18.2 Å². The normalized spacial score (nSPS) is 14.5. The van der Waals surface area contributed by atoms with Crippen molar-refractivity contribution in [2.75, 3.05) is 18.0 Å². The molecule has 0 aliphatic carbocycles. The zero-order valence-corrected chi connectivity index (χ0v) is 16.9. The zero-order valence-electron chi connectivity index (χ0n) is 16.1. The number of fused-ring (bicyclic) bond motifs is 1. The van der Waals surface area contributed by atoms with Crippen molar-refractivity contribution in [1.82, 2.24) is 4.57 Å². The van der Waals surface area contributed by atoms with Crippen LogP contribution in [-0.4, -0.2) is 22.9 Å². The number of aryl methyl sites for hydroxylation is 1.